The number of nitrogens with one attached hydrogen (secondary N) is 1. The molecule has 0 aliphatic carbocycles. The second-order valence-electron chi connectivity index (χ2n) is 9.11. The van der Waals surface area contributed by atoms with Crippen LogP contribution in [-0.2, 0) is 16.0 Å². The van der Waals surface area contributed by atoms with Gasteiger partial charge >= 0.3 is 0 Å². The second kappa shape index (κ2) is 11.1. The summed E-state index contributed by atoms with van der Waals surface area (Å²) in [6.07, 6.45) is 5.25. The molecule has 2 aliphatic heterocycles. The molecular formula is C29H29ClN4O3. The van der Waals surface area contributed by atoms with E-state index >= 15 is 0 Å². The number of nitrogens with two attached hydrogens (primary N) is 1. The Kier molecular flexibility index (Phi) is 7.44. The van der Waals surface area contributed by atoms with Gasteiger partial charge in [0.05, 0.1) is 24.8 Å². The minimum atomic E-state index is -0.208. The highest BCUT2D eigenvalue weighted by atomic mass is 35.5. The molecule has 37 heavy (non-hydrogen) atoms. The van der Waals surface area contributed by atoms with E-state index in [1.54, 1.807) is 24.4 Å². The normalized spacial score (nSPS) is 16.9. The minimum absolute atomic E-state index is 0.189. The number of nitrogen functional groups attached to an aromatic ring is 1. The number of aromatic nitrogens is 1. The van der Waals surface area contributed by atoms with E-state index in [0.717, 1.165) is 59.8 Å². The predicted octanol–water partition coefficient (Wildman–Crippen LogP) is 4.42. The summed E-state index contributed by atoms with van der Waals surface area (Å²) in [5.74, 6) is 0.912. The van der Waals surface area contributed by atoms with Crippen LogP contribution in [0.3, 0.4) is 0 Å². The van der Waals surface area contributed by atoms with Crippen molar-refractivity contribution in [1.29, 1.82) is 0 Å². The van der Waals surface area contributed by atoms with Crippen LogP contribution >= 0.6 is 11.6 Å². The Hall–Kier alpha value is -3.81. The fourth-order valence-corrected chi connectivity index (χ4v) is 4.81. The lowest BCUT2D eigenvalue weighted by Gasteiger charge is -2.30. The van der Waals surface area contributed by atoms with Crippen LogP contribution in [0.1, 0.15) is 16.7 Å². The van der Waals surface area contributed by atoms with Crippen molar-refractivity contribution in [1.82, 2.24) is 15.2 Å². The zero-order chi connectivity index (χ0) is 25.8. The predicted molar refractivity (Wildman–Crippen MR) is 147 cm³/mol. The molecular weight excluding hydrogens is 488 g/mol. The number of fused-ring (bicyclic) bond motifs is 1. The summed E-state index contributed by atoms with van der Waals surface area (Å²) < 4.78 is 11.5. The zero-order valence-electron chi connectivity index (χ0n) is 20.5. The van der Waals surface area contributed by atoms with E-state index in [1.165, 1.54) is 6.08 Å². The molecule has 1 aromatic heterocycles. The monoisotopic (exact) mass is 516 g/mol. The van der Waals surface area contributed by atoms with E-state index in [2.05, 4.69) is 46.0 Å². The van der Waals surface area contributed by atoms with Crippen LogP contribution in [0.4, 0.5) is 5.82 Å². The third-order valence-corrected chi connectivity index (χ3v) is 6.80. The molecule has 1 saturated heterocycles. The Morgan fingerprint density at radius 3 is 2.81 bits per heavy atom. The van der Waals surface area contributed by atoms with Gasteiger partial charge in [-0.2, -0.15) is 0 Å². The topological polar surface area (TPSA) is 89.7 Å². The lowest BCUT2D eigenvalue weighted by molar-refractivity contribution is -0.116. The highest BCUT2D eigenvalue weighted by Gasteiger charge is 2.26. The summed E-state index contributed by atoms with van der Waals surface area (Å²) in [5, 5.41) is 3.46. The van der Waals surface area contributed by atoms with Gasteiger partial charge in [0.25, 0.3) is 0 Å². The van der Waals surface area contributed by atoms with Crippen LogP contribution in [0.15, 0.2) is 67.4 Å². The van der Waals surface area contributed by atoms with E-state index in [4.69, 9.17) is 26.8 Å². The van der Waals surface area contributed by atoms with Gasteiger partial charge in [0.2, 0.25) is 5.91 Å². The summed E-state index contributed by atoms with van der Waals surface area (Å²) in [6, 6.07) is 15.9. The first-order valence-electron chi connectivity index (χ1n) is 12.3. The van der Waals surface area contributed by atoms with Crippen molar-refractivity contribution < 1.29 is 14.3 Å². The third-order valence-electron chi connectivity index (χ3n) is 6.51. The number of anilines is 1. The molecule has 0 spiro atoms. The number of nitrogens with zero attached hydrogens (tertiary/aromatic N) is 2. The molecule has 0 radical (unpaired) electrons. The quantitative estimate of drug-likeness (QED) is 0.452. The van der Waals surface area contributed by atoms with Crippen LogP contribution in [0.5, 0.6) is 5.75 Å². The number of pyridine rings is 1. The number of hydrogen-bond acceptors (Lipinski definition) is 6. The number of carbonyl (C=O) groups is 1. The van der Waals surface area contributed by atoms with E-state index in [9.17, 15) is 4.79 Å². The van der Waals surface area contributed by atoms with E-state index < -0.39 is 0 Å². The van der Waals surface area contributed by atoms with Crippen molar-refractivity contribution in [2.45, 2.75) is 12.5 Å². The number of halogens is 1. The molecule has 1 amide bonds. The molecule has 0 bridgehead atoms. The van der Waals surface area contributed by atoms with Gasteiger partial charge in [-0.15, -0.1) is 0 Å². The van der Waals surface area contributed by atoms with Crippen molar-refractivity contribution in [3.8, 4) is 16.9 Å². The average Bonchev–Trinajstić information content (AvgIpc) is 3.35. The van der Waals surface area contributed by atoms with Crippen LogP contribution < -0.4 is 15.8 Å². The van der Waals surface area contributed by atoms with Gasteiger partial charge in [-0.3, -0.25) is 4.79 Å². The van der Waals surface area contributed by atoms with Crippen molar-refractivity contribution >= 4 is 35.1 Å². The summed E-state index contributed by atoms with van der Waals surface area (Å²) in [5.41, 5.74) is 11.6. The highest BCUT2D eigenvalue weighted by Crippen LogP contribution is 2.40. The average molecular weight is 517 g/mol. The third kappa shape index (κ3) is 5.96. The van der Waals surface area contributed by atoms with Gasteiger partial charge in [-0.05, 0) is 58.7 Å². The van der Waals surface area contributed by atoms with Gasteiger partial charge in [0.15, 0.2) is 0 Å². The molecule has 3 heterocycles. The number of benzene rings is 2. The Morgan fingerprint density at radius 2 is 2.03 bits per heavy atom. The number of carbonyl (C=O) groups excluding carboxylic acids is 1. The Morgan fingerprint density at radius 1 is 1.19 bits per heavy atom. The summed E-state index contributed by atoms with van der Waals surface area (Å²) in [4.78, 5) is 18.5. The summed E-state index contributed by atoms with van der Waals surface area (Å²) >= 11 is 6.63. The lowest BCUT2D eigenvalue weighted by Crippen LogP contribution is -2.34. The molecule has 2 aromatic carbocycles. The Balaban J connectivity index is 1.23. The first kappa shape index (κ1) is 24.9. The van der Waals surface area contributed by atoms with Crippen molar-refractivity contribution in [2.24, 2.45) is 0 Å². The van der Waals surface area contributed by atoms with Crippen LogP contribution in [0.25, 0.3) is 22.9 Å². The summed E-state index contributed by atoms with van der Waals surface area (Å²) in [7, 11) is 0. The maximum Gasteiger partial charge on any atom is 0.244 e. The maximum absolute atomic E-state index is 12.3. The number of hydrogen-bond donors (Lipinski definition) is 2. The second-order valence-corrected chi connectivity index (χ2v) is 9.52. The smallest absolute Gasteiger partial charge is 0.244 e. The van der Waals surface area contributed by atoms with Crippen LogP contribution in [0, 0.1) is 0 Å². The molecule has 8 heteroatoms. The fraction of sp³-hybridized carbons (Fsp3) is 0.241. The van der Waals surface area contributed by atoms with E-state index in [-0.39, 0.29) is 12.0 Å². The molecule has 1 fully saturated rings. The lowest BCUT2D eigenvalue weighted by atomic mass is 9.98. The number of rotatable bonds is 7. The molecule has 190 valence electrons. The molecule has 1 unspecified atom stereocenters. The van der Waals surface area contributed by atoms with Crippen molar-refractivity contribution in [3.05, 3.63) is 89.1 Å². The standard InChI is InChI=1S/C29H29ClN4O3/c1-19(34-9-11-36-12-10-34)21-3-2-4-22(13-21)23-14-24-15-25(37-29(24)26(30)16-23)18-33-28(35)8-6-20-5-7-27(31)32-17-20/h2-8,13-14,16-17,25H,1,9-12,15,18H2,(H2,31,32)(H,33,35)/b8-6+. The molecule has 3 aromatic rings. The first-order chi connectivity index (χ1) is 18.0. The van der Waals surface area contributed by atoms with Gasteiger partial charge < -0.3 is 25.4 Å². The van der Waals surface area contributed by atoms with Gasteiger partial charge in [-0.25, -0.2) is 4.98 Å². The van der Waals surface area contributed by atoms with Gasteiger partial charge in [-0.1, -0.05) is 36.4 Å². The van der Waals surface area contributed by atoms with E-state index in [1.807, 2.05) is 12.1 Å². The largest absolute Gasteiger partial charge is 0.486 e. The number of amides is 1. The maximum atomic E-state index is 12.3. The van der Waals surface area contributed by atoms with E-state index in [0.29, 0.717) is 29.6 Å². The molecule has 7 nitrogen and oxygen atoms in total. The first-order valence-corrected chi connectivity index (χ1v) is 12.6. The summed E-state index contributed by atoms with van der Waals surface area (Å²) in [6.45, 7) is 7.82. The molecule has 3 N–H and O–H groups in total. The van der Waals surface area contributed by atoms with Crippen LogP contribution in [-0.4, -0.2) is 54.7 Å². The highest BCUT2D eigenvalue weighted by molar-refractivity contribution is 6.32. The van der Waals surface area contributed by atoms with Crippen molar-refractivity contribution in [2.75, 3.05) is 38.6 Å². The molecule has 2 aliphatic rings. The Labute approximate surface area is 221 Å². The molecule has 1 atom stereocenters. The SMILES string of the molecule is C=C(c1cccc(-c2cc(Cl)c3c(c2)CC(CNC(=O)/C=C/c2ccc(N)nc2)O3)c1)N1CCOCC1. The minimum Gasteiger partial charge on any atom is -0.486 e. The molecule has 0 saturated carbocycles. The zero-order valence-corrected chi connectivity index (χ0v) is 21.2. The fourth-order valence-electron chi connectivity index (χ4n) is 4.52. The number of morpholine rings is 1. The molecule has 5 rings (SSSR count). The number of ether oxygens (including phenoxy) is 2. The van der Waals surface area contributed by atoms with Gasteiger partial charge in [0.1, 0.15) is 17.7 Å². The van der Waals surface area contributed by atoms with Crippen LogP contribution in [0.2, 0.25) is 5.02 Å². The van der Waals surface area contributed by atoms with Crippen molar-refractivity contribution in [3.63, 3.8) is 0 Å². The van der Waals surface area contributed by atoms with Gasteiger partial charge in [0, 0.05) is 43.0 Å². The Bertz CT molecular complexity index is 1330.